The van der Waals surface area contributed by atoms with Crippen molar-refractivity contribution in [2.75, 3.05) is 5.73 Å². The van der Waals surface area contributed by atoms with Crippen LogP contribution in [0.3, 0.4) is 0 Å². The Balaban J connectivity index is 1.75. The van der Waals surface area contributed by atoms with Crippen LogP contribution in [0.4, 0.5) is 5.13 Å². The van der Waals surface area contributed by atoms with Crippen molar-refractivity contribution in [3.8, 4) is 0 Å². The first kappa shape index (κ1) is 11.5. The molecule has 0 saturated heterocycles. The molecule has 0 radical (unpaired) electrons. The van der Waals surface area contributed by atoms with Gasteiger partial charge in [0.05, 0.1) is 5.69 Å². The minimum Gasteiger partial charge on any atom is -0.375 e. The largest absolute Gasteiger partial charge is 0.375 e. The van der Waals surface area contributed by atoms with Gasteiger partial charge in [0.15, 0.2) is 5.13 Å². The number of rotatable bonds is 2. The summed E-state index contributed by atoms with van der Waals surface area (Å²) in [4.78, 5) is 4.36. The van der Waals surface area contributed by atoms with E-state index in [0.717, 1.165) is 18.5 Å². The quantitative estimate of drug-likeness (QED) is 0.879. The van der Waals surface area contributed by atoms with Crippen molar-refractivity contribution in [3.63, 3.8) is 0 Å². The number of hydrogen-bond donors (Lipinski definition) is 1. The van der Waals surface area contributed by atoms with Crippen LogP contribution in [0.2, 0.25) is 0 Å². The zero-order valence-electron chi connectivity index (χ0n) is 10.2. The number of benzene rings is 1. The number of nitrogens with two attached hydrogens (primary N) is 1. The van der Waals surface area contributed by atoms with Crippen LogP contribution >= 0.6 is 11.3 Å². The molecular weight excluding hydrogens is 240 g/mol. The lowest BCUT2D eigenvalue weighted by molar-refractivity contribution is 0.625. The van der Waals surface area contributed by atoms with E-state index >= 15 is 0 Å². The predicted octanol–water partition coefficient (Wildman–Crippen LogP) is 4.08. The Morgan fingerprint density at radius 2 is 2.06 bits per heavy atom. The topological polar surface area (TPSA) is 38.9 Å². The van der Waals surface area contributed by atoms with Gasteiger partial charge in [0, 0.05) is 5.38 Å². The van der Waals surface area contributed by atoms with Crippen LogP contribution < -0.4 is 5.73 Å². The van der Waals surface area contributed by atoms with Gasteiger partial charge in [-0.05, 0) is 36.3 Å². The van der Waals surface area contributed by atoms with Gasteiger partial charge in [-0.2, -0.15) is 0 Å². The Labute approximate surface area is 111 Å². The number of nitrogen functional groups attached to an aromatic ring is 1. The number of thiazole rings is 1. The van der Waals surface area contributed by atoms with Gasteiger partial charge in [-0.25, -0.2) is 4.98 Å². The van der Waals surface area contributed by atoms with Crippen LogP contribution in [0.15, 0.2) is 41.8 Å². The molecule has 2 N–H and O–H groups in total. The molecule has 0 fully saturated rings. The van der Waals surface area contributed by atoms with Crippen molar-refractivity contribution in [1.29, 1.82) is 0 Å². The molecule has 2 nitrogen and oxygen atoms in total. The second-order valence-corrected chi connectivity index (χ2v) is 5.57. The fourth-order valence-electron chi connectivity index (χ4n) is 2.53. The number of aromatic nitrogens is 1. The molecule has 0 aliphatic heterocycles. The fraction of sp³-hybridized carbons (Fsp3) is 0.267. The molecule has 1 aliphatic carbocycles. The smallest absolute Gasteiger partial charge is 0.180 e. The minimum atomic E-state index is 0.658. The summed E-state index contributed by atoms with van der Waals surface area (Å²) in [5.74, 6) is 0.658. The zero-order chi connectivity index (χ0) is 12.4. The highest BCUT2D eigenvalue weighted by molar-refractivity contribution is 7.13. The molecule has 3 heteroatoms. The molecule has 1 aromatic heterocycles. The van der Waals surface area contributed by atoms with Crippen LogP contribution in [-0.2, 0) is 0 Å². The summed E-state index contributed by atoms with van der Waals surface area (Å²) < 4.78 is 0. The standard InChI is InChI=1S/C15H16N2S/c16-15-17-14(10-18-15)13-8-6-12(7-9-13)11-4-2-1-3-5-11/h1-5,8,10,12H,6-7,9H2,(H2,16,17). The lowest BCUT2D eigenvalue weighted by Gasteiger charge is -2.21. The second kappa shape index (κ2) is 4.94. The van der Waals surface area contributed by atoms with E-state index in [0.29, 0.717) is 11.0 Å². The van der Waals surface area contributed by atoms with Crippen LogP contribution in [0, 0.1) is 0 Å². The Hall–Kier alpha value is -1.61. The molecular formula is C15H16N2S. The molecule has 2 aromatic rings. The van der Waals surface area contributed by atoms with Gasteiger partial charge >= 0.3 is 0 Å². The van der Waals surface area contributed by atoms with E-state index < -0.39 is 0 Å². The van der Waals surface area contributed by atoms with Crippen molar-refractivity contribution in [1.82, 2.24) is 4.98 Å². The fourth-order valence-corrected chi connectivity index (χ4v) is 3.12. The van der Waals surface area contributed by atoms with Crippen molar-refractivity contribution < 1.29 is 0 Å². The summed E-state index contributed by atoms with van der Waals surface area (Å²) in [5, 5.41) is 2.72. The first-order valence-corrected chi connectivity index (χ1v) is 7.16. The maximum atomic E-state index is 5.68. The molecule has 0 amide bonds. The van der Waals surface area contributed by atoms with Gasteiger partial charge in [0.2, 0.25) is 0 Å². The van der Waals surface area contributed by atoms with E-state index in [4.69, 9.17) is 5.73 Å². The summed E-state index contributed by atoms with van der Waals surface area (Å²) in [5.41, 5.74) is 9.56. The molecule has 1 aromatic carbocycles. The maximum absolute atomic E-state index is 5.68. The normalized spacial score (nSPS) is 19.6. The summed E-state index contributed by atoms with van der Waals surface area (Å²) >= 11 is 1.52. The molecule has 92 valence electrons. The van der Waals surface area contributed by atoms with E-state index in [1.807, 2.05) is 0 Å². The van der Waals surface area contributed by atoms with Gasteiger partial charge < -0.3 is 5.73 Å². The lowest BCUT2D eigenvalue weighted by Crippen LogP contribution is -2.04. The van der Waals surface area contributed by atoms with Gasteiger partial charge in [0.1, 0.15) is 0 Å². The third-order valence-electron chi connectivity index (χ3n) is 3.53. The van der Waals surface area contributed by atoms with Crippen molar-refractivity contribution in [3.05, 3.63) is 53.0 Å². The van der Waals surface area contributed by atoms with E-state index in [1.54, 1.807) is 0 Å². The van der Waals surface area contributed by atoms with Gasteiger partial charge in [0.25, 0.3) is 0 Å². The monoisotopic (exact) mass is 256 g/mol. The summed E-state index contributed by atoms with van der Waals surface area (Å²) in [6.07, 6.45) is 5.74. The average molecular weight is 256 g/mol. The highest BCUT2D eigenvalue weighted by Gasteiger charge is 2.17. The molecule has 1 atom stereocenters. The molecule has 0 spiro atoms. The zero-order valence-corrected chi connectivity index (χ0v) is 11.0. The number of nitrogens with zero attached hydrogens (tertiary/aromatic N) is 1. The maximum Gasteiger partial charge on any atom is 0.180 e. The molecule has 0 saturated carbocycles. The Bertz CT molecular complexity index is 557. The highest BCUT2D eigenvalue weighted by atomic mass is 32.1. The predicted molar refractivity (Wildman–Crippen MR) is 77.5 cm³/mol. The summed E-state index contributed by atoms with van der Waals surface area (Å²) in [7, 11) is 0. The van der Waals surface area contributed by atoms with E-state index in [2.05, 4.69) is 46.8 Å². The SMILES string of the molecule is Nc1nc(C2=CCC(c3ccccc3)CC2)cs1. The third-order valence-corrected chi connectivity index (χ3v) is 4.21. The van der Waals surface area contributed by atoms with Crippen molar-refractivity contribution in [2.45, 2.75) is 25.2 Å². The van der Waals surface area contributed by atoms with E-state index in [-0.39, 0.29) is 0 Å². The molecule has 0 bridgehead atoms. The Morgan fingerprint density at radius 3 is 2.67 bits per heavy atom. The first-order valence-electron chi connectivity index (χ1n) is 6.28. The van der Waals surface area contributed by atoms with E-state index in [1.165, 1.54) is 28.9 Å². The number of anilines is 1. The first-order chi connectivity index (χ1) is 8.83. The number of hydrogen-bond acceptors (Lipinski definition) is 3. The Kier molecular flexibility index (Phi) is 3.15. The lowest BCUT2D eigenvalue weighted by atomic mass is 9.84. The van der Waals surface area contributed by atoms with Crippen LogP contribution in [-0.4, -0.2) is 4.98 Å². The average Bonchev–Trinajstić information content (AvgIpc) is 2.87. The highest BCUT2D eigenvalue weighted by Crippen LogP contribution is 2.36. The molecule has 18 heavy (non-hydrogen) atoms. The molecule has 1 aliphatic rings. The van der Waals surface area contributed by atoms with Crippen LogP contribution in [0.1, 0.15) is 36.4 Å². The molecule has 1 heterocycles. The van der Waals surface area contributed by atoms with Gasteiger partial charge in [-0.1, -0.05) is 36.4 Å². The van der Waals surface area contributed by atoms with Gasteiger partial charge in [-0.15, -0.1) is 11.3 Å². The van der Waals surface area contributed by atoms with Crippen molar-refractivity contribution in [2.24, 2.45) is 0 Å². The Morgan fingerprint density at radius 1 is 1.22 bits per heavy atom. The molecule has 3 rings (SSSR count). The molecule has 1 unspecified atom stereocenters. The summed E-state index contributed by atoms with van der Waals surface area (Å²) in [6.45, 7) is 0. The van der Waals surface area contributed by atoms with Gasteiger partial charge in [-0.3, -0.25) is 0 Å². The van der Waals surface area contributed by atoms with Crippen LogP contribution in [0.5, 0.6) is 0 Å². The van der Waals surface area contributed by atoms with E-state index in [9.17, 15) is 0 Å². The number of allylic oxidation sites excluding steroid dienone is 2. The van der Waals surface area contributed by atoms with Crippen LogP contribution in [0.25, 0.3) is 5.57 Å². The minimum absolute atomic E-state index is 0.658. The second-order valence-electron chi connectivity index (χ2n) is 4.68. The summed E-state index contributed by atoms with van der Waals surface area (Å²) in [6, 6.07) is 10.8. The van der Waals surface area contributed by atoms with Crippen molar-refractivity contribution >= 4 is 22.0 Å². The third kappa shape index (κ3) is 2.31.